The van der Waals surface area contributed by atoms with E-state index in [4.69, 9.17) is 0 Å². The summed E-state index contributed by atoms with van der Waals surface area (Å²) in [7, 11) is 0. The van der Waals surface area contributed by atoms with Crippen molar-refractivity contribution in [3.63, 3.8) is 0 Å². The number of nitrogens with zero attached hydrogens (tertiary/aromatic N) is 1. The molecule has 1 aliphatic rings. The Bertz CT molecular complexity index is 254. The monoisotopic (exact) mass is 225 g/mol. The molecule has 0 unspecified atom stereocenters. The van der Waals surface area contributed by atoms with E-state index in [1.807, 2.05) is 13.0 Å². The minimum absolute atomic E-state index is 0.165. The van der Waals surface area contributed by atoms with Crippen molar-refractivity contribution in [3.05, 3.63) is 24.3 Å². The molecule has 0 spiro atoms. The summed E-state index contributed by atoms with van der Waals surface area (Å²) < 4.78 is 2.15. The molecule has 0 bridgehead atoms. The van der Waals surface area contributed by atoms with Crippen molar-refractivity contribution in [2.75, 3.05) is 13.1 Å². The van der Waals surface area contributed by atoms with Crippen LogP contribution in [0.15, 0.2) is 24.3 Å². The van der Waals surface area contributed by atoms with Gasteiger partial charge in [-0.1, -0.05) is 11.6 Å². The fraction of sp³-hybridized carbons (Fsp3) is 0.583. The summed E-state index contributed by atoms with van der Waals surface area (Å²) in [4.78, 5) is 11.6. The van der Waals surface area contributed by atoms with Crippen molar-refractivity contribution < 1.29 is 4.79 Å². The highest BCUT2D eigenvalue weighted by molar-refractivity contribution is 8.12. The Morgan fingerprint density at radius 1 is 1.47 bits per heavy atom. The lowest BCUT2D eigenvalue weighted by molar-refractivity contribution is -0.107. The van der Waals surface area contributed by atoms with Crippen LogP contribution in [-0.4, -0.2) is 22.5 Å². The highest BCUT2D eigenvalue weighted by Crippen LogP contribution is 2.20. The number of hydrogen-bond donors (Lipinski definition) is 0. The van der Waals surface area contributed by atoms with Gasteiger partial charge in [0.15, 0.2) is 0 Å². The van der Waals surface area contributed by atoms with Crippen LogP contribution in [0.25, 0.3) is 0 Å². The smallest absolute Gasteiger partial charge is 0.227 e. The number of carbonyl (C=O) groups is 1. The van der Waals surface area contributed by atoms with Crippen molar-refractivity contribution in [3.8, 4) is 0 Å². The molecule has 1 saturated heterocycles. The minimum atomic E-state index is 0.165. The van der Waals surface area contributed by atoms with Crippen LogP contribution >= 0.6 is 11.9 Å². The summed E-state index contributed by atoms with van der Waals surface area (Å²) in [5, 5.41) is 0.165. The number of allylic oxidation sites excluding steroid dienone is 2. The molecular weight excluding hydrogens is 206 g/mol. The van der Waals surface area contributed by atoms with E-state index >= 15 is 0 Å². The Morgan fingerprint density at radius 2 is 2.13 bits per heavy atom. The molecule has 0 N–H and O–H groups in total. The molecule has 0 radical (unpaired) electrons. The predicted molar refractivity (Wildman–Crippen MR) is 66.6 cm³/mol. The van der Waals surface area contributed by atoms with Crippen LogP contribution in [-0.2, 0) is 4.79 Å². The Morgan fingerprint density at radius 3 is 2.73 bits per heavy atom. The van der Waals surface area contributed by atoms with E-state index < -0.39 is 0 Å². The van der Waals surface area contributed by atoms with E-state index in [9.17, 15) is 4.79 Å². The SMILES string of the molecule is C=CCC/C(C)=C/C(=O)SN1CCCC1. The summed E-state index contributed by atoms with van der Waals surface area (Å²) in [6.45, 7) is 7.78. The van der Waals surface area contributed by atoms with E-state index in [1.54, 1.807) is 6.08 Å². The van der Waals surface area contributed by atoms with Gasteiger partial charge in [-0.05, 0) is 38.7 Å². The lowest BCUT2D eigenvalue weighted by Crippen LogP contribution is -2.12. The molecule has 1 heterocycles. The summed E-state index contributed by atoms with van der Waals surface area (Å²) >= 11 is 1.36. The third kappa shape index (κ3) is 5.19. The largest absolute Gasteiger partial charge is 0.281 e. The lowest BCUT2D eigenvalue weighted by atomic mass is 10.1. The zero-order valence-corrected chi connectivity index (χ0v) is 10.2. The van der Waals surface area contributed by atoms with Crippen LogP contribution in [0.3, 0.4) is 0 Å². The molecule has 1 rings (SSSR count). The van der Waals surface area contributed by atoms with Gasteiger partial charge in [-0.3, -0.25) is 4.79 Å². The first-order valence-electron chi connectivity index (χ1n) is 5.47. The average molecular weight is 225 g/mol. The molecule has 2 nitrogen and oxygen atoms in total. The van der Waals surface area contributed by atoms with Crippen molar-refractivity contribution in [2.24, 2.45) is 0 Å². The maximum absolute atomic E-state index is 11.6. The summed E-state index contributed by atoms with van der Waals surface area (Å²) in [6, 6.07) is 0. The van der Waals surface area contributed by atoms with Gasteiger partial charge in [0.25, 0.3) is 0 Å². The van der Waals surface area contributed by atoms with Crippen molar-refractivity contribution >= 4 is 17.1 Å². The first-order chi connectivity index (χ1) is 7.22. The highest BCUT2D eigenvalue weighted by Gasteiger charge is 2.14. The van der Waals surface area contributed by atoms with Gasteiger partial charge in [0.05, 0.1) is 0 Å². The second kappa shape index (κ2) is 6.85. The third-order valence-electron chi connectivity index (χ3n) is 2.39. The molecule has 0 atom stereocenters. The maximum atomic E-state index is 11.6. The van der Waals surface area contributed by atoms with Gasteiger partial charge in [0.2, 0.25) is 5.12 Å². The quantitative estimate of drug-likeness (QED) is 0.407. The molecule has 0 saturated carbocycles. The average Bonchev–Trinajstić information content (AvgIpc) is 2.67. The molecule has 1 aliphatic heterocycles. The normalized spacial score (nSPS) is 18.1. The molecule has 15 heavy (non-hydrogen) atoms. The van der Waals surface area contributed by atoms with Crippen LogP contribution in [0.2, 0.25) is 0 Å². The molecule has 0 aromatic heterocycles. The fourth-order valence-corrected chi connectivity index (χ4v) is 2.49. The zero-order chi connectivity index (χ0) is 11.1. The van der Waals surface area contributed by atoms with E-state index in [1.165, 1.54) is 24.8 Å². The summed E-state index contributed by atoms with van der Waals surface area (Å²) in [5.74, 6) is 0. The Hall–Kier alpha value is -0.540. The molecule has 0 aliphatic carbocycles. The third-order valence-corrected chi connectivity index (χ3v) is 3.31. The van der Waals surface area contributed by atoms with Gasteiger partial charge >= 0.3 is 0 Å². The zero-order valence-electron chi connectivity index (χ0n) is 9.37. The lowest BCUT2D eigenvalue weighted by Gasteiger charge is -2.10. The standard InChI is InChI=1S/C12H19NOS/c1-3-4-7-11(2)10-12(14)15-13-8-5-6-9-13/h3,10H,1,4-9H2,2H3/b11-10+. The van der Waals surface area contributed by atoms with Gasteiger partial charge in [0, 0.05) is 25.0 Å². The van der Waals surface area contributed by atoms with E-state index in [2.05, 4.69) is 10.9 Å². The molecule has 1 fully saturated rings. The van der Waals surface area contributed by atoms with Gasteiger partial charge in [-0.25, -0.2) is 4.31 Å². The van der Waals surface area contributed by atoms with Crippen molar-refractivity contribution in [1.82, 2.24) is 4.31 Å². The van der Waals surface area contributed by atoms with Crippen LogP contribution in [0.1, 0.15) is 32.6 Å². The molecule has 0 amide bonds. The van der Waals surface area contributed by atoms with E-state index in [0.717, 1.165) is 31.5 Å². The molecule has 3 heteroatoms. The van der Waals surface area contributed by atoms with Crippen LogP contribution < -0.4 is 0 Å². The van der Waals surface area contributed by atoms with Crippen LogP contribution in [0.5, 0.6) is 0 Å². The van der Waals surface area contributed by atoms with Gasteiger partial charge in [-0.2, -0.15) is 0 Å². The second-order valence-electron chi connectivity index (χ2n) is 3.86. The Labute approximate surface area is 96.5 Å². The van der Waals surface area contributed by atoms with Crippen molar-refractivity contribution in [1.29, 1.82) is 0 Å². The highest BCUT2D eigenvalue weighted by atomic mass is 32.2. The van der Waals surface area contributed by atoms with Gasteiger partial charge in [-0.15, -0.1) is 6.58 Å². The number of hydrogen-bond acceptors (Lipinski definition) is 3. The Balaban J connectivity index is 2.29. The van der Waals surface area contributed by atoms with Crippen LogP contribution in [0, 0.1) is 0 Å². The van der Waals surface area contributed by atoms with Crippen LogP contribution in [0.4, 0.5) is 0 Å². The van der Waals surface area contributed by atoms with Crippen molar-refractivity contribution in [2.45, 2.75) is 32.6 Å². The summed E-state index contributed by atoms with van der Waals surface area (Å²) in [5.41, 5.74) is 1.14. The minimum Gasteiger partial charge on any atom is -0.281 e. The predicted octanol–water partition coefficient (Wildman–Crippen LogP) is 3.17. The fourth-order valence-electron chi connectivity index (χ4n) is 1.54. The molecule has 84 valence electrons. The van der Waals surface area contributed by atoms with Gasteiger partial charge < -0.3 is 0 Å². The molecular formula is C12H19NOS. The van der Waals surface area contributed by atoms with E-state index in [0.29, 0.717) is 0 Å². The topological polar surface area (TPSA) is 20.3 Å². The summed E-state index contributed by atoms with van der Waals surface area (Å²) in [6.07, 6.45) is 7.97. The van der Waals surface area contributed by atoms with E-state index in [-0.39, 0.29) is 5.12 Å². The molecule has 0 aromatic rings. The Kier molecular flexibility index (Phi) is 5.73. The maximum Gasteiger partial charge on any atom is 0.227 e. The second-order valence-corrected chi connectivity index (χ2v) is 4.97. The number of rotatable bonds is 5. The molecule has 0 aromatic carbocycles. The van der Waals surface area contributed by atoms with Gasteiger partial charge in [0.1, 0.15) is 0 Å². The number of carbonyl (C=O) groups excluding carboxylic acids is 1. The first-order valence-corrected chi connectivity index (χ1v) is 6.24. The first kappa shape index (κ1) is 12.5.